The molecule has 232 valence electrons. The summed E-state index contributed by atoms with van der Waals surface area (Å²) in [5.74, 6) is -1.28. The molecule has 0 unspecified atom stereocenters. The van der Waals surface area contributed by atoms with Crippen LogP contribution in [0.1, 0.15) is 24.4 Å². The molecular formula is C29H31Cl2F3N4O5. The first-order valence-electron chi connectivity index (χ1n) is 13.9. The largest absolute Gasteiger partial charge is 0.430 e. The van der Waals surface area contributed by atoms with Crippen molar-refractivity contribution in [1.29, 1.82) is 0 Å². The van der Waals surface area contributed by atoms with Crippen molar-refractivity contribution in [2.24, 2.45) is 0 Å². The number of ether oxygens (including phenoxy) is 2. The number of carbonyl (C=O) groups is 1. The predicted octanol–water partition coefficient (Wildman–Crippen LogP) is 4.68. The fourth-order valence-electron chi connectivity index (χ4n) is 5.34. The number of benzene rings is 2. The summed E-state index contributed by atoms with van der Waals surface area (Å²) in [5.41, 5.74) is -0.305. The quantitative estimate of drug-likeness (QED) is 0.214. The topological polar surface area (TPSA) is 87.5 Å². The molecule has 0 radical (unpaired) electrons. The number of piperazine rings is 1. The molecule has 9 nitrogen and oxygen atoms in total. The number of aromatic nitrogens is 1. The molecule has 1 aliphatic carbocycles. The number of aliphatic hydroxyl groups excluding tert-OH is 1. The van der Waals surface area contributed by atoms with E-state index >= 15 is 4.39 Å². The van der Waals surface area contributed by atoms with Crippen molar-refractivity contribution in [3.63, 3.8) is 0 Å². The van der Waals surface area contributed by atoms with E-state index < -0.39 is 23.6 Å². The Bertz CT molecular complexity index is 1530. The van der Waals surface area contributed by atoms with Gasteiger partial charge in [0.1, 0.15) is 11.4 Å². The minimum Gasteiger partial charge on any atom is -0.430 e. The minimum atomic E-state index is -3.27. The number of carbonyl (C=O) groups excluding carboxylic acids is 1. The fourth-order valence-corrected chi connectivity index (χ4v) is 5.81. The Hall–Kier alpha value is -3.03. The molecule has 3 aromatic rings. The van der Waals surface area contributed by atoms with Gasteiger partial charge in [-0.1, -0.05) is 29.3 Å². The molecule has 2 aliphatic rings. The molecule has 2 aromatic carbocycles. The Morgan fingerprint density at radius 1 is 1.12 bits per heavy atom. The molecule has 1 aliphatic heterocycles. The maximum atomic E-state index is 15.9. The molecule has 2 heterocycles. The van der Waals surface area contributed by atoms with Crippen molar-refractivity contribution in [3.8, 4) is 5.75 Å². The molecule has 2 fully saturated rings. The Morgan fingerprint density at radius 2 is 1.86 bits per heavy atom. The van der Waals surface area contributed by atoms with Crippen LogP contribution in [0.15, 0.2) is 35.3 Å². The van der Waals surface area contributed by atoms with Crippen molar-refractivity contribution in [2.75, 3.05) is 62.3 Å². The Morgan fingerprint density at radius 3 is 2.49 bits per heavy atom. The molecule has 43 heavy (non-hydrogen) atoms. The molecule has 0 atom stereocenters. The fraction of sp³-hybridized carbons (Fsp3) is 0.448. The number of rotatable bonds is 13. The maximum absolute atomic E-state index is 15.9. The zero-order valence-corrected chi connectivity index (χ0v) is 24.7. The molecule has 1 N–H and O–H groups in total. The lowest BCUT2D eigenvalue weighted by Gasteiger charge is -2.37. The van der Waals surface area contributed by atoms with Crippen LogP contribution in [-0.4, -0.2) is 80.1 Å². The van der Waals surface area contributed by atoms with Crippen LogP contribution in [0.2, 0.25) is 10.0 Å². The van der Waals surface area contributed by atoms with Gasteiger partial charge in [-0.2, -0.15) is 8.78 Å². The first-order valence-corrected chi connectivity index (χ1v) is 14.6. The third-order valence-corrected chi connectivity index (χ3v) is 8.18. The summed E-state index contributed by atoms with van der Waals surface area (Å²) in [6.07, 6.45) is 3.34. The second-order valence-electron chi connectivity index (χ2n) is 10.4. The van der Waals surface area contributed by atoms with Gasteiger partial charge >= 0.3 is 6.61 Å². The molecule has 5 rings (SSSR count). The number of fused-ring (bicyclic) bond motifs is 1. The van der Waals surface area contributed by atoms with E-state index in [1.54, 1.807) is 21.6 Å². The molecule has 1 saturated carbocycles. The van der Waals surface area contributed by atoms with Gasteiger partial charge in [0.15, 0.2) is 11.6 Å². The van der Waals surface area contributed by atoms with E-state index in [-0.39, 0.29) is 48.1 Å². The summed E-state index contributed by atoms with van der Waals surface area (Å²) >= 11 is 12.3. The highest BCUT2D eigenvalue weighted by Gasteiger charge is 2.33. The second-order valence-corrected chi connectivity index (χ2v) is 11.3. The number of amides is 1. The molecule has 1 amide bonds. The highest BCUT2D eigenvalue weighted by atomic mass is 35.5. The number of hydrogen-bond acceptors (Lipinski definition) is 7. The summed E-state index contributed by atoms with van der Waals surface area (Å²) in [7, 11) is 0. The van der Waals surface area contributed by atoms with Crippen LogP contribution in [-0.2, 0) is 16.1 Å². The number of alkyl halides is 2. The van der Waals surface area contributed by atoms with E-state index in [1.165, 1.54) is 12.3 Å². The van der Waals surface area contributed by atoms with Crippen LogP contribution in [0.4, 0.5) is 24.5 Å². The monoisotopic (exact) mass is 642 g/mol. The van der Waals surface area contributed by atoms with E-state index in [9.17, 15) is 18.4 Å². The van der Waals surface area contributed by atoms with Crippen molar-refractivity contribution in [1.82, 2.24) is 9.47 Å². The third kappa shape index (κ3) is 7.04. The molecular weight excluding hydrogens is 612 g/mol. The lowest BCUT2D eigenvalue weighted by Crippen LogP contribution is -2.47. The SMILES string of the molecule is O=CN(Cc1ccc(Cl)cc1Cl)c1cn(C2CC2)c2c(OC(F)F)c(N3CCN(CCOCCO)CC3)c(F)cc2c1=O. The van der Waals surface area contributed by atoms with E-state index in [2.05, 4.69) is 4.90 Å². The van der Waals surface area contributed by atoms with E-state index in [0.29, 0.717) is 74.2 Å². The first-order chi connectivity index (χ1) is 20.7. The zero-order chi connectivity index (χ0) is 30.7. The van der Waals surface area contributed by atoms with Gasteiger partial charge in [0, 0.05) is 55.0 Å². The standard InChI is InChI=1S/C29H31Cl2F3N4O5/c30-19-2-1-18(22(31)13-19)15-37(17-40)24-16-38(20-3-4-20)25-21(27(24)41)14-23(32)26(28(25)43-29(33)34)36-7-5-35(6-8-36)9-11-42-12-10-39/h1-2,13-14,16-17,20,29,39H,3-12,15H2. The third-order valence-electron chi connectivity index (χ3n) is 7.60. The zero-order valence-electron chi connectivity index (χ0n) is 23.2. The number of hydrogen-bond donors (Lipinski definition) is 1. The summed E-state index contributed by atoms with van der Waals surface area (Å²) < 4.78 is 55.5. The number of pyridine rings is 1. The predicted molar refractivity (Wildman–Crippen MR) is 158 cm³/mol. The van der Waals surface area contributed by atoms with E-state index in [4.69, 9.17) is 37.8 Å². The average molecular weight is 643 g/mol. The van der Waals surface area contributed by atoms with E-state index in [0.717, 1.165) is 11.0 Å². The van der Waals surface area contributed by atoms with Crippen LogP contribution in [0.25, 0.3) is 10.9 Å². The van der Waals surface area contributed by atoms with Crippen molar-refractivity contribution >= 4 is 51.9 Å². The molecule has 1 saturated heterocycles. The number of aliphatic hydroxyl groups is 1. The Kier molecular flexibility index (Phi) is 10.0. The van der Waals surface area contributed by atoms with Gasteiger partial charge in [-0.25, -0.2) is 4.39 Å². The molecule has 0 spiro atoms. The Balaban J connectivity index is 1.55. The van der Waals surface area contributed by atoms with Gasteiger partial charge in [0.2, 0.25) is 11.8 Å². The maximum Gasteiger partial charge on any atom is 0.387 e. The van der Waals surface area contributed by atoms with Gasteiger partial charge in [0.05, 0.1) is 37.3 Å². The van der Waals surface area contributed by atoms with Crippen LogP contribution < -0.4 is 20.0 Å². The smallest absolute Gasteiger partial charge is 0.387 e. The van der Waals surface area contributed by atoms with Crippen LogP contribution >= 0.6 is 23.2 Å². The Labute approximate surface area is 255 Å². The highest BCUT2D eigenvalue weighted by molar-refractivity contribution is 6.35. The van der Waals surface area contributed by atoms with Crippen LogP contribution in [0.3, 0.4) is 0 Å². The minimum absolute atomic E-state index is 0.0485. The lowest BCUT2D eigenvalue weighted by atomic mass is 10.1. The summed E-state index contributed by atoms with van der Waals surface area (Å²) in [6, 6.07) is 5.64. The summed E-state index contributed by atoms with van der Waals surface area (Å²) in [5, 5.41) is 9.39. The summed E-state index contributed by atoms with van der Waals surface area (Å²) in [4.78, 5) is 30.9. The van der Waals surface area contributed by atoms with Gasteiger partial charge < -0.3 is 28.9 Å². The van der Waals surface area contributed by atoms with Gasteiger partial charge in [-0.3, -0.25) is 14.5 Å². The van der Waals surface area contributed by atoms with Crippen molar-refractivity contribution < 1.29 is 32.5 Å². The molecule has 0 bridgehead atoms. The number of nitrogens with zero attached hydrogens (tertiary/aromatic N) is 4. The van der Waals surface area contributed by atoms with Gasteiger partial charge in [-0.15, -0.1) is 0 Å². The van der Waals surface area contributed by atoms with Gasteiger partial charge in [0.25, 0.3) is 0 Å². The van der Waals surface area contributed by atoms with Crippen LogP contribution in [0.5, 0.6) is 5.75 Å². The van der Waals surface area contributed by atoms with Gasteiger partial charge in [-0.05, 0) is 36.6 Å². The number of anilines is 2. The van der Waals surface area contributed by atoms with E-state index in [1.807, 2.05) is 0 Å². The molecule has 14 heteroatoms. The summed E-state index contributed by atoms with van der Waals surface area (Å²) in [6.45, 7) is -0.456. The molecule has 1 aromatic heterocycles. The van der Waals surface area contributed by atoms with Crippen molar-refractivity contribution in [3.05, 3.63) is 62.1 Å². The second kappa shape index (κ2) is 13.7. The number of halogens is 5. The normalized spacial score (nSPS) is 15.8. The first kappa shape index (κ1) is 31.4. The highest BCUT2D eigenvalue weighted by Crippen LogP contribution is 2.45. The van der Waals surface area contributed by atoms with Crippen molar-refractivity contribution in [2.45, 2.75) is 32.0 Å². The lowest BCUT2D eigenvalue weighted by molar-refractivity contribution is -0.107. The van der Waals surface area contributed by atoms with Crippen LogP contribution in [0, 0.1) is 5.82 Å². The average Bonchev–Trinajstić information content (AvgIpc) is 3.82.